The van der Waals surface area contributed by atoms with Crippen LogP contribution in [0.5, 0.6) is 0 Å². The van der Waals surface area contributed by atoms with Gasteiger partial charge in [-0.3, -0.25) is 4.79 Å². The summed E-state index contributed by atoms with van der Waals surface area (Å²) < 4.78 is 0.685. The van der Waals surface area contributed by atoms with Crippen LogP contribution in [0.15, 0.2) is 22.7 Å². The van der Waals surface area contributed by atoms with Gasteiger partial charge in [0.2, 0.25) is 5.91 Å². The van der Waals surface area contributed by atoms with E-state index >= 15 is 0 Å². The second kappa shape index (κ2) is 5.49. The van der Waals surface area contributed by atoms with Crippen LogP contribution in [-0.2, 0) is 4.79 Å². The van der Waals surface area contributed by atoms with E-state index in [0.717, 1.165) is 0 Å². The predicted molar refractivity (Wildman–Crippen MR) is 66.0 cm³/mol. The number of halogens is 2. The van der Waals surface area contributed by atoms with Gasteiger partial charge < -0.3 is 11.1 Å². The van der Waals surface area contributed by atoms with Gasteiger partial charge >= 0.3 is 0 Å². The summed E-state index contributed by atoms with van der Waals surface area (Å²) in [5.74, 6) is -0.118. The molecule has 0 saturated heterocycles. The average molecular weight is 292 g/mol. The minimum atomic E-state index is -0.150. The van der Waals surface area contributed by atoms with Gasteiger partial charge in [0.15, 0.2) is 0 Å². The first kappa shape index (κ1) is 12.5. The molecule has 0 heterocycles. The fraction of sp³-hybridized carbons (Fsp3) is 0.300. The van der Waals surface area contributed by atoms with Crippen LogP contribution in [0.4, 0.5) is 5.69 Å². The van der Waals surface area contributed by atoms with Gasteiger partial charge in [0.1, 0.15) is 0 Å². The number of carbonyl (C=O) groups is 1. The molecule has 0 bridgehead atoms. The van der Waals surface area contributed by atoms with Crippen molar-refractivity contribution >= 4 is 39.1 Å². The van der Waals surface area contributed by atoms with Crippen LogP contribution in [0.25, 0.3) is 0 Å². The third kappa shape index (κ3) is 3.81. The molecule has 0 aliphatic heterocycles. The lowest BCUT2D eigenvalue weighted by Crippen LogP contribution is -2.24. The summed E-state index contributed by atoms with van der Waals surface area (Å²) in [6, 6.07) is 5.14. The van der Waals surface area contributed by atoms with Crippen molar-refractivity contribution in [2.45, 2.75) is 19.4 Å². The zero-order valence-corrected chi connectivity index (χ0v) is 10.6. The second-order valence-corrected chi connectivity index (χ2v) is 4.53. The molecule has 1 aromatic carbocycles. The van der Waals surface area contributed by atoms with Crippen molar-refractivity contribution in [2.75, 3.05) is 5.32 Å². The van der Waals surface area contributed by atoms with Crippen molar-refractivity contribution in [1.29, 1.82) is 0 Å². The Morgan fingerprint density at radius 1 is 1.67 bits per heavy atom. The third-order valence-corrected chi connectivity index (χ3v) is 3.13. The zero-order valence-electron chi connectivity index (χ0n) is 8.26. The third-order valence-electron chi connectivity index (χ3n) is 1.73. The Morgan fingerprint density at radius 2 is 2.33 bits per heavy atom. The van der Waals surface area contributed by atoms with Gasteiger partial charge in [-0.1, -0.05) is 17.7 Å². The van der Waals surface area contributed by atoms with E-state index in [4.69, 9.17) is 17.3 Å². The van der Waals surface area contributed by atoms with Crippen LogP contribution in [0.3, 0.4) is 0 Å². The fourth-order valence-electron chi connectivity index (χ4n) is 1.09. The van der Waals surface area contributed by atoms with Gasteiger partial charge in [-0.05, 0) is 35.0 Å². The van der Waals surface area contributed by atoms with E-state index in [2.05, 4.69) is 21.2 Å². The molecule has 0 radical (unpaired) electrons. The molecule has 0 saturated carbocycles. The molecule has 15 heavy (non-hydrogen) atoms. The number of anilines is 1. The molecule has 1 rings (SSSR count). The van der Waals surface area contributed by atoms with Crippen LogP contribution < -0.4 is 11.1 Å². The van der Waals surface area contributed by atoms with E-state index in [0.29, 0.717) is 21.6 Å². The first-order chi connectivity index (χ1) is 7.00. The summed E-state index contributed by atoms with van der Waals surface area (Å²) in [6.45, 7) is 1.78. The number of hydrogen-bond donors (Lipinski definition) is 2. The van der Waals surface area contributed by atoms with E-state index in [9.17, 15) is 4.79 Å². The molecule has 3 nitrogen and oxygen atoms in total. The molecule has 0 aliphatic rings. The maximum absolute atomic E-state index is 11.4. The Bertz CT molecular complexity index is 368. The molecule has 3 N–H and O–H groups in total. The van der Waals surface area contributed by atoms with E-state index in [1.165, 1.54) is 0 Å². The lowest BCUT2D eigenvalue weighted by atomic mass is 10.2. The Balaban J connectivity index is 2.73. The van der Waals surface area contributed by atoms with Crippen LogP contribution >= 0.6 is 27.5 Å². The molecule has 1 atom stereocenters. The Kier molecular flexibility index (Phi) is 4.57. The summed E-state index contributed by atoms with van der Waals surface area (Å²) in [6.07, 6.45) is 0.291. The number of amides is 1. The number of benzene rings is 1. The second-order valence-electron chi connectivity index (χ2n) is 3.33. The van der Waals surface area contributed by atoms with Gasteiger partial charge in [0, 0.05) is 12.5 Å². The van der Waals surface area contributed by atoms with E-state index in [1.54, 1.807) is 25.1 Å². The first-order valence-corrected chi connectivity index (χ1v) is 5.67. The molecule has 0 spiro atoms. The molecule has 5 heteroatoms. The highest BCUT2D eigenvalue weighted by atomic mass is 79.9. The molecular weight excluding hydrogens is 279 g/mol. The molecule has 1 unspecified atom stereocenters. The summed E-state index contributed by atoms with van der Waals surface area (Å²) in [5.41, 5.74) is 6.18. The minimum absolute atomic E-state index is 0.118. The Labute approximate surface area is 102 Å². The van der Waals surface area contributed by atoms with Gasteiger partial charge in [0.05, 0.1) is 15.2 Å². The van der Waals surface area contributed by atoms with Crippen molar-refractivity contribution in [1.82, 2.24) is 0 Å². The van der Waals surface area contributed by atoms with Crippen LogP contribution in [0.1, 0.15) is 13.3 Å². The van der Waals surface area contributed by atoms with Crippen molar-refractivity contribution in [3.63, 3.8) is 0 Å². The topological polar surface area (TPSA) is 55.1 Å². The van der Waals surface area contributed by atoms with Gasteiger partial charge in [-0.15, -0.1) is 0 Å². The van der Waals surface area contributed by atoms with Crippen LogP contribution in [-0.4, -0.2) is 11.9 Å². The van der Waals surface area contributed by atoms with E-state index in [-0.39, 0.29) is 11.9 Å². The predicted octanol–water partition coefficient (Wildman–Crippen LogP) is 2.78. The molecule has 0 aromatic heterocycles. The van der Waals surface area contributed by atoms with Crippen molar-refractivity contribution in [3.05, 3.63) is 27.7 Å². The van der Waals surface area contributed by atoms with E-state index < -0.39 is 0 Å². The monoisotopic (exact) mass is 290 g/mol. The normalized spacial score (nSPS) is 12.3. The van der Waals surface area contributed by atoms with Crippen LogP contribution in [0.2, 0.25) is 5.02 Å². The first-order valence-electron chi connectivity index (χ1n) is 4.50. The highest BCUT2D eigenvalue weighted by molar-refractivity contribution is 9.10. The highest BCUT2D eigenvalue weighted by Crippen LogP contribution is 2.29. The molecule has 1 aromatic rings. The standard InChI is InChI=1S/C10H12BrClN2O/c1-6(13)5-9(15)14-8-4-2-3-7(12)10(8)11/h2-4,6H,5,13H2,1H3,(H,14,15). The molecule has 0 fully saturated rings. The zero-order chi connectivity index (χ0) is 11.4. The smallest absolute Gasteiger partial charge is 0.225 e. The van der Waals surface area contributed by atoms with Crippen molar-refractivity contribution in [3.8, 4) is 0 Å². The molecule has 0 aliphatic carbocycles. The van der Waals surface area contributed by atoms with Crippen molar-refractivity contribution < 1.29 is 4.79 Å². The van der Waals surface area contributed by atoms with Gasteiger partial charge in [-0.25, -0.2) is 0 Å². The average Bonchev–Trinajstić information content (AvgIpc) is 2.11. The van der Waals surface area contributed by atoms with Gasteiger partial charge in [-0.2, -0.15) is 0 Å². The molecule has 82 valence electrons. The molecular formula is C10H12BrClN2O. The Hall–Kier alpha value is -0.580. The lowest BCUT2D eigenvalue weighted by molar-refractivity contribution is -0.116. The summed E-state index contributed by atoms with van der Waals surface area (Å²) in [5, 5.41) is 3.30. The maximum Gasteiger partial charge on any atom is 0.225 e. The number of nitrogens with one attached hydrogen (secondary N) is 1. The van der Waals surface area contributed by atoms with E-state index in [1.807, 2.05) is 0 Å². The number of nitrogens with two attached hydrogens (primary N) is 1. The summed E-state index contributed by atoms with van der Waals surface area (Å²) in [4.78, 5) is 11.4. The molecule has 1 amide bonds. The minimum Gasteiger partial charge on any atom is -0.327 e. The van der Waals surface area contributed by atoms with Crippen molar-refractivity contribution in [2.24, 2.45) is 5.73 Å². The number of rotatable bonds is 3. The van der Waals surface area contributed by atoms with Crippen LogP contribution in [0, 0.1) is 0 Å². The maximum atomic E-state index is 11.4. The lowest BCUT2D eigenvalue weighted by Gasteiger charge is -2.09. The quantitative estimate of drug-likeness (QED) is 0.900. The summed E-state index contributed by atoms with van der Waals surface area (Å²) >= 11 is 9.18. The largest absolute Gasteiger partial charge is 0.327 e. The highest BCUT2D eigenvalue weighted by Gasteiger charge is 2.09. The number of hydrogen-bond acceptors (Lipinski definition) is 2. The summed E-state index contributed by atoms with van der Waals surface area (Å²) in [7, 11) is 0. The number of carbonyl (C=O) groups excluding carboxylic acids is 1. The van der Waals surface area contributed by atoms with Gasteiger partial charge in [0.25, 0.3) is 0 Å². The Morgan fingerprint density at radius 3 is 2.93 bits per heavy atom. The SMILES string of the molecule is CC(N)CC(=O)Nc1cccc(Cl)c1Br. The fourth-order valence-corrected chi connectivity index (χ4v) is 1.63.